The minimum absolute atomic E-state index is 0.227. The zero-order valence-electron chi connectivity index (χ0n) is 11.6. The van der Waals surface area contributed by atoms with E-state index in [0.29, 0.717) is 22.2 Å². The van der Waals surface area contributed by atoms with E-state index in [-0.39, 0.29) is 12.5 Å². The molecule has 0 aliphatic heterocycles. The normalized spacial score (nSPS) is 12.2. The number of thioether (sulfide) groups is 1. The highest BCUT2D eigenvalue weighted by molar-refractivity contribution is 7.99. The van der Waals surface area contributed by atoms with Crippen LogP contribution < -0.4 is 5.32 Å². The summed E-state index contributed by atoms with van der Waals surface area (Å²) in [6, 6.07) is 14.5. The minimum Gasteiger partial charge on any atom is -0.394 e. The monoisotopic (exact) mass is 323 g/mol. The summed E-state index contributed by atoms with van der Waals surface area (Å²) in [6.45, 7) is -0.227. The molecule has 3 nitrogen and oxygen atoms in total. The number of rotatable bonds is 6. The summed E-state index contributed by atoms with van der Waals surface area (Å²) in [5.74, 6) is -2.85. The number of benzene rings is 2. The van der Waals surface area contributed by atoms with Crippen molar-refractivity contribution in [2.75, 3.05) is 6.61 Å². The highest BCUT2D eigenvalue weighted by atomic mass is 32.2. The predicted octanol–water partition coefficient (Wildman–Crippen LogP) is 3.46. The maximum absolute atomic E-state index is 12.2. The molecule has 2 aromatic carbocycles. The lowest BCUT2D eigenvalue weighted by atomic mass is 10.1. The molecule has 0 saturated heterocycles. The van der Waals surface area contributed by atoms with Crippen molar-refractivity contribution in [2.45, 2.75) is 16.7 Å². The molecule has 0 aromatic heterocycles. The molecule has 2 N–H and O–H groups in total. The number of carbonyl (C=O) groups excluding carboxylic acids is 1. The van der Waals surface area contributed by atoms with Crippen molar-refractivity contribution in [1.29, 1.82) is 0 Å². The molecule has 6 heteroatoms. The molecule has 22 heavy (non-hydrogen) atoms. The van der Waals surface area contributed by atoms with Crippen molar-refractivity contribution in [3.8, 4) is 0 Å². The van der Waals surface area contributed by atoms with Gasteiger partial charge in [-0.15, -0.1) is 0 Å². The average molecular weight is 323 g/mol. The van der Waals surface area contributed by atoms with E-state index in [0.717, 1.165) is 5.56 Å². The van der Waals surface area contributed by atoms with Crippen molar-refractivity contribution in [3.63, 3.8) is 0 Å². The van der Waals surface area contributed by atoms with Gasteiger partial charge in [0, 0.05) is 10.5 Å². The lowest BCUT2D eigenvalue weighted by Gasteiger charge is -2.16. The molecule has 1 unspecified atom stereocenters. The SMILES string of the molecule is O=C(NC(CO)c1ccccc1)c1ccc(SC(F)F)cc1. The van der Waals surface area contributed by atoms with Crippen LogP contribution in [0.25, 0.3) is 0 Å². The number of carbonyl (C=O) groups is 1. The van der Waals surface area contributed by atoms with Gasteiger partial charge in [0.1, 0.15) is 0 Å². The average Bonchev–Trinajstić information content (AvgIpc) is 2.53. The van der Waals surface area contributed by atoms with Gasteiger partial charge in [-0.05, 0) is 29.8 Å². The number of alkyl halides is 2. The second-order valence-electron chi connectivity index (χ2n) is 4.52. The number of hydrogen-bond acceptors (Lipinski definition) is 3. The van der Waals surface area contributed by atoms with E-state index in [1.165, 1.54) is 24.3 Å². The van der Waals surface area contributed by atoms with Crippen LogP contribution in [0.4, 0.5) is 8.78 Å². The van der Waals surface area contributed by atoms with Crippen molar-refractivity contribution in [1.82, 2.24) is 5.32 Å². The van der Waals surface area contributed by atoms with E-state index in [2.05, 4.69) is 5.32 Å². The summed E-state index contributed by atoms with van der Waals surface area (Å²) < 4.78 is 24.5. The largest absolute Gasteiger partial charge is 0.394 e. The fraction of sp³-hybridized carbons (Fsp3) is 0.188. The van der Waals surface area contributed by atoms with Crippen LogP contribution in [0.5, 0.6) is 0 Å². The Bertz CT molecular complexity index is 605. The molecule has 0 aliphatic rings. The first-order valence-electron chi connectivity index (χ1n) is 6.61. The van der Waals surface area contributed by atoms with E-state index in [9.17, 15) is 18.7 Å². The van der Waals surface area contributed by atoms with Crippen LogP contribution in [0.15, 0.2) is 59.5 Å². The van der Waals surface area contributed by atoms with Crippen LogP contribution in [0.3, 0.4) is 0 Å². The van der Waals surface area contributed by atoms with E-state index < -0.39 is 11.8 Å². The third-order valence-corrected chi connectivity index (χ3v) is 3.75. The molecular formula is C16H15F2NO2S. The lowest BCUT2D eigenvalue weighted by Crippen LogP contribution is -2.30. The van der Waals surface area contributed by atoms with Gasteiger partial charge in [-0.2, -0.15) is 8.78 Å². The van der Waals surface area contributed by atoms with Crippen molar-refractivity contribution in [2.24, 2.45) is 0 Å². The molecule has 0 radical (unpaired) electrons. The van der Waals surface area contributed by atoms with Crippen molar-refractivity contribution >= 4 is 17.7 Å². The number of aliphatic hydroxyl groups is 1. The molecule has 116 valence electrons. The predicted molar refractivity (Wildman–Crippen MR) is 82.0 cm³/mol. The molecule has 0 spiro atoms. The number of nitrogens with one attached hydrogen (secondary N) is 1. The van der Waals surface area contributed by atoms with E-state index in [1.807, 2.05) is 30.3 Å². The Kier molecular flexibility index (Phi) is 5.91. The molecule has 2 rings (SSSR count). The number of amides is 1. The van der Waals surface area contributed by atoms with Gasteiger partial charge in [-0.1, -0.05) is 42.1 Å². The first kappa shape index (κ1) is 16.5. The molecular weight excluding hydrogens is 308 g/mol. The second-order valence-corrected chi connectivity index (χ2v) is 5.59. The van der Waals surface area contributed by atoms with Crippen LogP contribution in [0, 0.1) is 0 Å². The van der Waals surface area contributed by atoms with Crippen molar-refractivity contribution < 1.29 is 18.7 Å². The standard InChI is InChI=1S/C16H15F2NO2S/c17-16(18)22-13-8-6-12(7-9-13)15(21)19-14(10-20)11-4-2-1-3-5-11/h1-9,14,16,20H,10H2,(H,19,21). The van der Waals surface area contributed by atoms with Gasteiger partial charge in [0.05, 0.1) is 12.6 Å². The molecule has 1 amide bonds. The Balaban J connectivity index is 2.04. The smallest absolute Gasteiger partial charge is 0.288 e. The molecule has 0 fully saturated rings. The third kappa shape index (κ3) is 4.54. The van der Waals surface area contributed by atoms with Crippen LogP contribution >= 0.6 is 11.8 Å². The second kappa shape index (κ2) is 7.91. The number of halogens is 2. The molecule has 0 aliphatic carbocycles. The third-order valence-electron chi connectivity index (χ3n) is 3.03. The summed E-state index contributed by atoms with van der Waals surface area (Å²) >= 11 is 0.429. The highest BCUT2D eigenvalue weighted by Crippen LogP contribution is 2.25. The topological polar surface area (TPSA) is 49.3 Å². The fourth-order valence-corrected chi connectivity index (χ4v) is 2.45. The Labute approximate surface area is 131 Å². The Morgan fingerprint density at radius 2 is 1.73 bits per heavy atom. The van der Waals surface area contributed by atoms with E-state index in [1.54, 1.807) is 0 Å². The maximum atomic E-state index is 12.2. The maximum Gasteiger partial charge on any atom is 0.288 e. The quantitative estimate of drug-likeness (QED) is 0.800. The van der Waals surface area contributed by atoms with Gasteiger partial charge in [0.25, 0.3) is 11.7 Å². The Hall–Kier alpha value is -1.92. The van der Waals surface area contributed by atoms with Gasteiger partial charge in [-0.25, -0.2) is 0 Å². The Morgan fingerprint density at radius 3 is 2.27 bits per heavy atom. The summed E-state index contributed by atoms with van der Waals surface area (Å²) in [6.07, 6.45) is 0. The van der Waals surface area contributed by atoms with Crippen molar-refractivity contribution in [3.05, 3.63) is 65.7 Å². The number of aliphatic hydroxyl groups excluding tert-OH is 1. The molecule has 0 saturated carbocycles. The van der Waals surface area contributed by atoms with Crippen LogP contribution in [0.1, 0.15) is 22.0 Å². The van der Waals surface area contributed by atoms with Gasteiger partial charge in [-0.3, -0.25) is 4.79 Å². The van der Waals surface area contributed by atoms with Crippen LogP contribution in [-0.2, 0) is 0 Å². The number of hydrogen-bond donors (Lipinski definition) is 2. The van der Waals surface area contributed by atoms with Crippen LogP contribution in [-0.4, -0.2) is 23.4 Å². The van der Waals surface area contributed by atoms with E-state index in [4.69, 9.17) is 0 Å². The molecule has 0 heterocycles. The fourth-order valence-electron chi connectivity index (χ4n) is 1.95. The first-order chi connectivity index (χ1) is 10.6. The van der Waals surface area contributed by atoms with Gasteiger partial charge < -0.3 is 10.4 Å². The zero-order valence-corrected chi connectivity index (χ0v) is 12.4. The summed E-state index contributed by atoms with van der Waals surface area (Å²) in [5, 5.41) is 12.1. The minimum atomic E-state index is -2.49. The van der Waals surface area contributed by atoms with Gasteiger partial charge >= 0.3 is 0 Å². The molecule has 0 bridgehead atoms. The molecule has 1 atom stereocenters. The lowest BCUT2D eigenvalue weighted by molar-refractivity contribution is 0.0916. The zero-order chi connectivity index (χ0) is 15.9. The van der Waals surface area contributed by atoms with Gasteiger partial charge in [0.2, 0.25) is 0 Å². The molecule has 2 aromatic rings. The van der Waals surface area contributed by atoms with E-state index >= 15 is 0 Å². The van der Waals surface area contributed by atoms with Crippen LogP contribution in [0.2, 0.25) is 0 Å². The highest BCUT2D eigenvalue weighted by Gasteiger charge is 2.15. The first-order valence-corrected chi connectivity index (χ1v) is 7.49. The Morgan fingerprint density at radius 1 is 1.09 bits per heavy atom. The summed E-state index contributed by atoms with van der Waals surface area (Å²) in [4.78, 5) is 12.5. The summed E-state index contributed by atoms with van der Waals surface area (Å²) in [7, 11) is 0. The van der Waals surface area contributed by atoms with Gasteiger partial charge in [0.15, 0.2) is 0 Å². The summed E-state index contributed by atoms with van der Waals surface area (Å²) in [5.41, 5.74) is 1.15.